The third-order valence-electron chi connectivity index (χ3n) is 2.53. The van der Waals surface area contributed by atoms with E-state index in [2.05, 4.69) is 10.0 Å². The molecular formula is C11H16ClN3O3S. The molecule has 0 heterocycles. The van der Waals surface area contributed by atoms with Crippen molar-refractivity contribution in [3.8, 4) is 0 Å². The predicted octanol–water partition coefficient (Wildman–Crippen LogP) is 0.645. The fourth-order valence-corrected chi connectivity index (χ4v) is 3.02. The number of rotatable bonds is 5. The van der Waals surface area contributed by atoms with Gasteiger partial charge in [0.15, 0.2) is 0 Å². The van der Waals surface area contributed by atoms with Crippen LogP contribution in [-0.2, 0) is 14.8 Å². The molecule has 0 aliphatic carbocycles. The first kappa shape index (κ1) is 15.7. The van der Waals surface area contributed by atoms with Crippen molar-refractivity contribution in [2.45, 2.75) is 18.2 Å². The number of nitrogens with two attached hydrogens (primary N) is 1. The Kier molecular flexibility index (Phi) is 5.16. The third-order valence-corrected chi connectivity index (χ3v) is 4.46. The number of halogens is 1. The van der Waals surface area contributed by atoms with E-state index < -0.39 is 10.0 Å². The summed E-state index contributed by atoms with van der Waals surface area (Å²) in [5.74, 6) is -0.253. The standard InChI is InChI=1S/C11H16ClN3O3S/c1-7-5-8(12)10(6-9(7)13)19(17,18)15-4-3-11(16)14-2/h5-6,15H,3-4,13H2,1-2H3,(H,14,16). The third kappa shape index (κ3) is 4.09. The van der Waals surface area contributed by atoms with E-state index in [1.165, 1.54) is 19.2 Å². The Morgan fingerprint density at radius 3 is 2.63 bits per heavy atom. The van der Waals surface area contributed by atoms with Crippen LogP contribution in [-0.4, -0.2) is 27.9 Å². The van der Waals surface area contributed by atoms with Gasteiger partial charge in [0.05, 0.1) is 5.02 Å². The highest BCUT2D eigenvalue weighted by Crippen LogP contribution is 2.26. The minimum absolute atomic E-state index is 0.00782. The van der Waals surface area contributed by atoms with Crippen LogP contribution < -0.4 is 15.8 Å². The lowest BCUT2D eigenvalue weighted by Gasteiger charge is -2.10. The molecule has 0 atom stereocenters. The molecule has 0 aliphatic heterocycles. The summed E-state index contributed by atoms with van der Waals surface area (Å²) in [4.78, 5) is 10.9. The number of hydrogen-bond donors (Lipinski definition) is 3. The van der Waals surface area contributed by atoms with Crippen molar-refractivity contribution in [1.29, 1.82) is 0 Å². The van der Waals surface area contributed by atoms with Gasteiger partial charge in [-0.1, -0.05) is 11.6 Å². The molecule has 6 nitrogen and oxygen atoms in total. The van der Waals surface area contributed by atoms with Gasteiger partial charge in [0.2, 0.25) is 15.9 Å². The molecule has 0 saturated heterocycles. The van der Waals surface area contributed by atoms with E-state index in [-0.39, 0.29) is 28.8 Å². The summed E-state index contributed by atoms with van der Waals surface area (Å²) in [5.41, 5.74) is 6.72. The molecule has 0 unspecified atom stereocenters. The summed E-state index contributed by atoms with van der Waals surface area (Å²) in [5, 5.41) is 2.50. The number of amides is 1. The van der Waals surface area contributed by atoms with E-state index in [4.69, 9.17) is 17.3 Å². The Balaban J connectivity index is 2.89. The van der Waals surface area contributed by atoms with Gasteiger partial charge in [0, 0.05) is 25.7 Å². The number of carbonyl (C=O) groups excluding carboxylic acids is 1. The topological polar surface area (TPSA) is 101 Å². The number of sulfonamides is 1. The van der Waals surface area contributed by atoms with Gasteiger partial charge in [-0.05, 0) is 24.6 Å². The van der Waals surface area contributed by atoms with Gasteiger partial charge in [-0.3, -0.25) is 4.79 Å². The molecule has 1 aromatic carbocycles. The largest absolute Gasteiger partial charge is 0.398 e. The Labute approximate surface area is 117 Å². The molecule has 0 saturated carbocycles. The molecule has 0 radical (unpaired) electrons. The maximum Gasteiger partial charge on any atom is 0.242 e. The predicted molar refractivity (Wildman–Crippen MR) is 74.5 cm³/mol. The number of carbonyl (C=O) groups is 1. The van der Waals surface area contributed by atoms with Crippen LogP contribution in [0.25, 0.3) is 0 Å². The normalized spacial score (nSPS) is 11.3. The van der Waals surface area contributed by atoms with E-state index in [1.54, 1.807) is 6.92 Å². The van der Waals surface area contributed by atoms with Gasteiger partial charge in [-0.25, -0.2) is 13.1 Å². The van der Waals surface area contributed by atoms with E-state index >= 15 is 0 Å². The van der Waals surface area contributed by atoms with Crippen molar-refractivity contribution in [2.24, 2.45) is 0 Å². The van der Waals surface area contributed by atoms with Crippen molar-refractivity contribution in [3.05, 3.63) is 22.7 Å². The van der Waals surface area contributed by atoms with Gasteiger partial charge < -0.3 is 11.1 Å². The monoisotopic (exact) mass is 305 g/mol. The second kappa shape index (κ2) is 6.23. The van der Waals surface area contributed by atoms with Crippen LogP contribution in [0.1, 0.15) is 12.0 Å². The first-order chi connectivity index (χ1) is 8.77. The molecule has 0 bridgehead atoms. The second-order valence-electron chi connectivity index (χ2n) is 3.96. The average Bonchev–Trinajstić information content (AvgIpc) is 2.33. The van der Waals surface area contributed by atoms with E-state index in [0.29, 0.717) is 11.3 Å². The summed E-state index contributed by atoms with van der Waals surface area (Å²) >= 11 is 5.90. The molecule has 8 heteroatoms. The Morgan fingerprint density at radius 1 is 1.42 bits per heavy atom. The maximum atomic E-state index is 12.0. The first-order valence-corrected chi connectivity index (χ1v) is 7.40. The molecule has 1 amide bonds. The summed E-state index contributed by atoms with van der Waals surface area (Å²) in [7, 11) is -2.30. The SMILES string of the molecule is CNC(=O)CCNS(=O)(=O)c1cc(N)c(C)cc1Cl. The molecule has 0 spiro atoms. The van der Waals surface area contributed by atoms with Gasteiger partial charge in [-0.2, -0.15) is 0 Å². The Morgan fingerprint density at radius 2 is 2.05 bits per heavy atom. The number of nitrogens with one attached hydrogen (secondary N) is 2. The van der Waals surface area contributed by atoms with Crippen LogP contribution in [0.4, 0.5) is 5.69 Å². The fraction of sp³-hybridized carbons (Fsp3) is 0.364. The molecule has 0 aliphatic rings. The van der Waals surface area contributed by atoms with Gasteiger partial charge in [0.25, 0.3) is 0 Å². The smallest absolute Gasteiger partial charge is 0.242 e. The average molecular weight is 306 g/mol. The summed E-state index contributed by atoms with van der Waals surface area (Å²) in [6, 6.07) is 2.80. The molecule has 4 N–H and O–H groups in total. The second-order valence-corrected chi connectivity index (χ2v) is 6.10. The number of nitrogen functional groups attached to an aromatic ring is 1. The van der Waals surface area contributed by atoms with Crippen molar-refractivity contribution in [2.75, 3.05) is 19.3 Å². The fourth-order valence-electron chi connectivity index (χ4n) is 1.38. The van der Waals surface area contributed by atoms with E-state index in [9.17, 15) is 13.2 Å². The van der Waals surface area contributed by atoms with Gasteiger partial charge >= 0.3 is 0 Å². The quantitative estimate of drug-likeness (QED) is 0.695. The van der Waals surface area contributed by atoms with Crippen molar-refractivity contribution in [3.63, 3.8) is 0 Å². The lowest BCUT2D eigenvalue weighted by Crippen LogP contribution is -2.29. The number of hydrogen-bond acceptors (Lipinski definition) is 4. The molecule has 0 fully saturated rings. The Hall–Kier alpha value is -1.31. The van der Waals surface area contributed by atoms with Crippen LogP contribution in [0.3, 0.4) is 0 Å². The van der Waals surface area contributed by atoms with Gasteiger partial charge in [0.1, 0.15) is 4.90 Å². The number of benzene rings is 1. The lowest BCUT2D eigenvalue weighted by molar-refractivity contribution is -0.120. The highest BCUT2D eigenvalue weighted by molar-refractivity contribution is 7.89. The number of aryl methyl sites for hydroxylation is 1. The molecule has 1 aromatic rings. The van der Waals surface area contributed by atoms with E-state index in [1.807, 2.05) is 0 Å². The highest BCUT2D eigenvalue weighted by Gasteiger charge is 2.19. The molecular weight excluding hydrogens is 290 g/mol. The first-order valence-electron chi connectivity index (χ1n) is 5.54. The highest BCUT2D eigenvalue weighted by atomic mass is 35.5. The zero-order valence-corrected chi connectivity index (χ0v) is 12.2. The van der Waals surface area contributed by atoms with E-state index in [0.717, 1.165) is 0 Å². The van der Waals surface area contributed by atoms with Crippen LogP contribution in [0, 0.1) is 6.92 Å². The molecule has 0 aromatic heterocycles. The zero-order chi connectivity index (χ0) is 14.6. The molecule has 19 heavy (non-hydrogen) atoms. The minimum Gasteiger partial charge on any atom is -0.398 e. The lowest BCUT2D eigenvalue weighted by atomic mass is 10.2. The van der Waals surface area contributed by atoms with Crippen molar-refractivity contribution in [1.82, 2.24) is 10.0 Å². The molecule has 106 valence electrons. The van der Waals surface area contributed by atoms with Crippen molar-refractivity contribution < 1.29 is 13.2 Å². The number of anilines is 1. The summed E-state index contributed by atoms with van der Waals surface area (Å²) in [6.45, 7) is 1.72. The summed E-state index contributed by atoms with van der Waals surface area (Å²) in [6.07, 6.45) is 0.0503. The van der Waals surface area contributed by atoms with Gasteiger partial charge in [-0.15, -0.1) is 0 Å². The molecule has 1 rings (SSSR count). The van der Waals surface area contributed by atoms with Crippen molar-refractivity contribution >= 4 is 33.2 Å². The maximum absolute atomic E-state index is 12.0. The minimum atomic E-state index is -3.78. The summed E-state index contributed by atoms with van der Waals surface area (Å²) < 4.78 is 26.3. The van der Waals surface area contributed by atoms with Crippen LogP contribution in [0.2, 0.25) is 5.02 Å². The van der Waals surface area contributed by atoms with Crippen LogP contribution >= 0.6 is 11.6 Å². The van der Waals surface area contributed by atoms with Crippen LogP contribution in [0.5, 0.6) is 0 Å². The zero-order valence-electron chi connectivity index (χ0n) is 10.7. The van der Waals surface area contributed by atoms with Crippen LogP contribution in [0.15, 0.2) is 17.0 Å². The Bertz CT molecular complexity index is 587.